The summed E-state index contributed by atoms with van der Waals surface area (Å²) in [6.45, 7) is 0. The fraction of sp³-hybridized carbons (Fsp3) is 0. The number of hydrogen-bond acceptors (Lipinski definition) is 3. The molecule has 3 nitrogen and oxygen atoms in total. The number of benzene rings is 9. The highest BCUT2D eigenvalue weighted by atomic mass is 14.9. The van der Waals surface area contributed by atoms with Crippen molar-refractivity contribution in [2.45, 2.75) is 0 Å². The maximum atomic E-state index is 5.26. The van der Waals surface area contributed by atoms with Crippen LogP contribution in [0.3, 0.4) is 0 Å². The Bertz CT molecular complexity index is 3330. The van der Waals surface area contributed by atoms with E-state index in [0.717, 1.165) is 44.8 Å². The standard InChI is InChI=1S/C55H35N3/c1-2-14-38(15-3-1)53-35-54(41-19-10-17-39(31-41)36-27-29-56-30-28-36)58-55(57-53)42-20-11-18-40(32-42)49-33-51-48-25-9-8-24-47(48)50(34-52(51)46-23-7-6-22-45(46)49)44-26-12-16-37-13-4-5-21-43(37)44/h1-35H. The van der Waals surface area contributed by atoms with Gasteiger partial charge < -0.3 is 0 Å². The van der Waals surface area contributed by atoms with Crippen LogP contribution in [0.4, 0.5) is 0 Å². The molecule has 0 N–H and O–H groups in total. The van der Waals surface area contributed by atoms with Crippen molar-refractivity contribution in [2.75, 3.05) is 0 Å². The molecule has 0 fully saturated rings. The van der Waals surface area contributed by atoms with E-state index in [4.69, 9.17) is 9.97 Å². The summed E-state index contributed by atoms with van der Waals surface area (Å²) in [5.41, 5.74) is 11.8. The van der Waals surface area contributed by atoms with Crippen LogP contribution >= 0.6 is 0 Å². The molecular formula is C55H35N3. The molecule has 2 aromatic heterocycles. The number of nitrogens with zero attached hydrogens (tertiary/aromatic N) is 3. The zero-order chi connectivity index (χ0) is 38.4. The van der Waals surface area contributed by atoms with Crippen molar-refractivity contribution in [2.24, 2.45) is 0 Å². The Kier molecular flexibility index (Phi) is 8.15. The molecule has 0 aliphatic rings. The molecule has 0 aliphatic carbocycles. The lowest BCUT2D eigenvalue weighted by Crippen LogP contribution is -1.96. The Hall–Kier alpha value is -7.75. The zero-order valence-corrected chi connectivity index (χ0v) is 31.5. The molecule has 0 unspecified atom stereocenters. The van der Waals surface area contributed by atoms with Crippen LogP contribution in [0.1, 0.15) is 0 Å². The average Bonchev–Trinajstić information content (AvgIpc) is 3.31. The van der Waals surface area contributed by atoms with Gasteiger partial charge in [-0.25, -0.2) is 9.97 Å². The second-order valence-electron chi connectivity index (χ2n) is 14.8. The van der Waals surface area contributed by atoms with Crippen molar-refractivity contribution < 1.29 is 0 Å². The minimum absolute atomic E-state index is 0.683. The summed E-state index contributed by atoms with van der Waals surface area (Å²) in [5.74, 6) is 0.683. The largest absolute Gasteiger partial charge is 0.265 e. The van der Waals surface area contributed by atoms with E-state index in [2.05, 4.69) is 187 Å². The van der Waals surface area contributed by atoms with E-state index in [1.54, 1.807) is 0 Å². The van der Waals surface area contributed by atoms with Crippen molar-refractivity contribution in [1.29, 1.82) is 0 Å². The third kappa shape index (κ3) is 5.89. The molecule has 0 radical (unpaired) electrons. The Morgan fingerprint density at radius 2 is 0.776 bits per heavy atom. The van der Waals surface area contributed by atoms with Gasteiger partial charge in [-0.3, -0.25) is 4.98 Å². The first-order valence-corrected chi connectivity index (χ1v) is 19.7. The molecule has 9 aromatic carbocycles. The first-order valence-electron chi connectivity index (χ1n) is 19.7. The monoisotopic (exact) mass is 737 g/mol. The van der Waals surface area contributed by atoms with Crippen molar-refractivity contribution in [3.63, 3.8) is 0 Å². The van der Waals surface area contributed by atoms with Crippen LogP contribution in [0, 0.1) is 0 Å². The molecule has 0 bridgehead atoms. The van der Waals surface area contributed by atoms with Crippen molar-refractivity contribution >= 4 is 43.1 Å². The van der Waals surface area contributed by atoms with Gasteiger partial charge >= 0.3 is 0 Å². The van der Waals surface area contributed by atoms with Crippen LogP contribution in [0.5, 0.6) is 0 Å². The summed E-state index contributed by atoms with van der Waals surface area (Å²) < 4.78 is 0. The van der Waals surface area contributed by atoms with Gasteiger partial charge in [-0.15, -0.1) is 0 Å². The van der Waals surface area contributed by atoms with Crippen LogP contribution in [-0.2, 0) is 0 Å². The van der Waals surface area contributed by atoms with E-state index in [1.807, 2.05) is 30.6 Å². The van der Waals surface area contributed by atoms with Crippen LogP contribution in [-0.4, -0.2) is 15.0 Å². The highest BCUT2D eigenvalue weighted by molar-refractivity contribution is 6.24. The van der Waals surface area contributed by atoms with Crippen LogP contribution in [0.15, 0.2) is 213 Å². The van der Waals surface area contributed by atoms with E-state index in [-0.39, 0.29) is 0 Å². The number of rotatable bonds is 6. The van der Waals surface area contributed by atoms with Gasteiger partial charge in [0.15, 0.2) is 5.82 Å². The van der Waals surface area contributed by atoms with Gasteiger partial charge in [0.25, 0.3) is 0 Å². The maximum Gasteiger partial charge on any atom is 0.160 e. The minimum atomic E-state index is 0.683. The SMILES string of the molecule is c1ccc(-c2cc(-c3cccc(-c4ccncc4)c3)nc(-c3cccc(-c4cc5c6ccccc6c(-c6cccc7ccccc67)cc5c5ccccc45)c3)n2)cc1. The molecule has 2 heterocycles. The van der Waals surface area contributed by atoms with Crippen molar-refractivity contribution in [3.05, 3.63) is 213 Å². The highest BCUT2D eigenvalue weighted by Gasteiger charge is 2.17. The van der Waals surface area contributed by atoms with Gasteiger partial charge in [-0.1, -0.05) is 158 Å². The lowest BCUT2D eigenvalue weighted by atomic mass is 9.86. The lowest BCUT2D eigenvalue weighted by Gasteiger charge is -2.17. The predicted octanol–water partition coefficient (Wildman–Crippen LogP) is 14.5. The summed E-state index contributed by atoms with van der Waals surface area (Å²) in [6.07, 6.45) is 3.66. The fourth-order valence-electron chi connectivity index (χ4n) is 8.58. The predicted molar refractivity (Wildman–Crippen MR) is 242 cm³/mol. The summed E-state index contributed by atoms with van der Waals surface area (Å²) in [7, 11) is 0. The van der Waals surface area contributed by atoms with Crippen molar-refractivity contribution in [3.8, 4) is 67.3 Å². The maximum absolute atomic E-state index is 5.26. The van der Waals surface area contributed by atoms with E-state index in [1.165, 1.54) is 59.8 Å². The minimum Gasteiger partial charge on any atom is -0.265 e. The Balaban J connectivity index is 1.10. The zero-order valence-electron chi connectivity index (χ0n) is 31.5. The third-order valence-corrected chi connectivity index (χ3v) is 11.4. The van der Waals surface area contributed by atoms with Crippen LogP contribution < -0.4 is 0 Å². The number of aromatic nitrogens is 3. The van der Waals surface area contributed by atoms with Gasteiger partial charge in [0, 0.05) is 29.1 Å². The molecule has 0 atom stereocenters. The summed E-state index contributed by atoms with van der Waals surface area (Å²) in [4.78, 5) is 14.7. The smallest absolute Gasteiger partial charge is 0.160 e. The normalized spacial score (nSPS) is 11.4. The second-order valence-corrected chi connectivity index (χ2v) is 14.8. The molecule has 270 valence electrons. The van der Waals surface area contributed by atoms with Gasteiger partial charge in [0.1, 0.15) is 0 Å². The molecule has 0 aliphatic heterocycles. The average molecular weight is 738 g/mol. The number of pyridine rings is 1. The number of fused-ring (bicyclic) bond motifs is 6. The molecule has 3 heteroatoms. The fourth-order valence-corrected chi connectivity index (χ4v) is 8.58. The first-order chi connectivity index (χ1) is 28.7. The molecule has 58 heavy (non-hydrogen) atoms. The summed E-state index contributed by atoms with van der Waals surface area (Å²) in [5, 5.41) is 9.90. The topological polar surface area (TPSA) is 38.7 Å². The molecule has 0 saturated carbocycles. The summed E-state index contributed by atoms with van der Waals surface area (Å²) >= 11 is 0. The van der Waals surface area contributed by atoms with Crippen LogP contribution in [0.25, 0.3) is 110 Å². The van der Waals surface area contributed by atoms with E-state index >= 15 is 0 Å². The van der Waals surface area contributed by atoms with Gasteiger partial charge in [-0.05, 0) is 119 Å². The lowest BCUT2D eigenvalue weighted by molar-refractivity contribution is 1.18. The van der Waals surface area contributed by atoms with E-state index in [9.17, 15) is 0 Å². The van der Waals surface area contributed by atoms with Gasteiger partial charge in [0.2, 0.25) is 0 Å². The second kappa shape index (κ2) is 14.1. The molecule has 0 spiro atoms. The van der Waals surface area contributed by atoms with Gasteiger partial charge in [-0.2, -0.15) is 0 Å². The molecule has 0 amide bonds. The molecule has 0 saturated heterocycles. The third-order valence-electron chi connectivity index (χ3n) is 11.4. The number of hydrogen-bond donors (Lipinski definition) is 0. The summed E-state index contributed by atoms with van der Waals surface area (Å²) in [6, 6.07) is 71.6. The van der Waals surface area contributed by atoms with E-state index in [0.29, 0.717) is 5.82 Å². The van der Waals surface area contributed by atoms with Crippen molar-refractivity contribution in [1.82, 2.24) is 15.0 Å². The quantitative estimate of drug-likeness (QED) is 0.160. The van der Waals surface area contributed by atoms with Gasteiger partial charge in [0.05, 0.1) is 11.4 Å². The molecule has 11 rings (SSSR count). The molecular weight excluding hydrogens is 703 g/mol. The van der Waals surface area contributed by atoms with E-state index < -0.39 is 0 Å². The first kappa shape index (κ1) is 33.6. The Labute approximate surface area is 336 Å². The Morgan fingerprint density at radius 1 is 0.259 bits per heavy atom. The molecule has 11 aromatic rings. The highest BCUT2D eigenvalue weighted by Crippen LogP contribution is 2.43. The Morgan fingerprint density at radius 3 is 1.53 bits per heavy atom. The van der Waals surface area contributed by atoms with Crippen LogP contribution in [0.2, 0.25) is 0 Å².